The molecule has 12 heavy (non-hydrogen) atoms. The predicted octanol–water partition coefficient (Wildman–Crippen LogP) is 2.58. The molecule has 2 aliphatic rings. The van der Waals surface area contributed by atoms with Crippen molar-refractivity contribution in [1.82, 2.24) is 0 Å². The van der Waals surface area contributed by atoms with Gasteiger partial charge in [-0.15, -0.1) is 6.58 Å². The van der Waals surface area contributed by atoms with Crippen LogP contribution in [-0.2, 0) is 4.74 Å². The Kier molecular flexibility index (Phi) is 2.50. The molecule has 1 heteroatoms. The van der Waals surface area contributed by atoms with E-state index in [4.69, 9.17) is 4.74 Å². The third-order valence-electron chi connectivity index (χ3n) is 3.00. The van der Waals surface area contributed by atoms with Gasteiger partial charge in [0, 0.05) is 0 Å². The predicted molar refractivity (Wildman–Crippen MR) is 49.7 cm³/mol. The molecular formula is C11H17O. The van der Waals surface area contributed by atoms with Crippen LogP contribution in [0.1, 0.15) is 25.7 Å². The van der Waals surface area contributed by atoms with Crippen LogP contribution in [0.25, 0.3) is 0 Å². The highest BCUT2D eigenvalue weighted by atomic mass is 16.6. The molecule has 1 aliphatic carbocycles. The SMILES string of the molecule is C=CC1CCC([CH]C2CO2)CC1. The van der Waals surface area contributed by atoms with Gasteiger partial charge in [0.05, 0.1) is 12.7 Å². The molecule has 2 rings (SSSR count). The van der Waals surface area contributed by atoms with Crippen LogP contribution in [0, 0.1) is 18.3 Å². The highest BCUT2D eigenvalue weighted by Crippen LogP contribution is 2.33. The molecule has 1 atom stereocenters. The molecule has 67 valence electrons. The summed E-state index contributed by atoms with van der Waals surface area (Å²) in [6, 6.07) is 0. The van der Waals surface area contributed by atoms with Crippen molar-refractivity contribution in [2.24, 2.45) is 11.8 Å². The zero-order valence-corrected chi connectivity index (χ0v) is 7.54. The first-order chi connectivity index (χ1) is 5.88. The summed E-state index contributed by atoms with van der Waals surface area (Å²) in [5, 5.41) is 0. The van der Waals surface area contributed by atoms with Crippen LogP contribution in [0.3, 0.4) is 0 Å². The summed E-state index contributed by atoms with van der Waals surface area (Å²) in [4.78, 5) is 0. The topological polar surface area (TPSA) is 12.5 Å². The average Bonchev–Trinajstić information content (AvgIpc) is 2.90. The Bertz CT molecular complexity index is 152. The lowest BCUT2D eigenvalue weighted by Crippen LogP contribution is -2.15. The van der Waals surface area contributed by atoms with Crippen molar-refractivity contribution in [1.29, 1.82) is 0 Å². The van der Waals surface area contributed by atoms with E-state index in [9.17, 15) is 0 Å². The van der Waals surface area contributed by atoms with Gasteiger partial charge < -0.3 is 4.74 Å². The van der Waals surface area contributed by atoms with E-state index in [1.165, 1.54) is 25.7 Å². The third kappa shape index (κ3) is 2.10. The van der Waals surface area contributed by atoms with E-state index in [1.54, 1.807) is 0 Å². The molecule has 0 bridgehead atoms. The Morgan fingerprint density at radius 3 is 2.17 bits per heavy atom. The number of rotatable bonds is 3. The van der Waals surface area contributed by atoms with Gasteiger partial charge in [-0.2, -0.15) is 0 Å². The van der Waals surface area contributed by atoms with Crippen molar-refractivity contribution in [3.05, 3.63) is 19.1 Å². The standard InChI is InChI=1S/C11H17O/c1-2-9-3-5-10(6-4-9)7-11-8-12-11/h2,7,9-11H,1,3-6,8H2. The highest BCUT2D eigenvalue weighted by Gasteiger charge is 2.29. The van der Waals surface area contributed by atoms with E-state index in [0.29, 0.717) is 6.10 Å². The molecule has 0 amide bonds. The molecule has 1 unspecified atom stereocenters. The number of hydrogen-bond donors (Lipinski definition) is 0. The van der Waals surface area contributed by atoms with Crippen molar-refractivity contribution in [3.63, 3.8) is 0 Å². The second kappa shape index (κ2) is 3.61. The summed E-state index contributed by atoms with van der Waals surface area (Å²) >= 11 is 0. The molecule has 1 aliphatic heterocycles. The van der Waals surface area contributed by atoms with Gasteiger partial charge in [0.1, 0.15) is 0 Å². The van der Waals surface area contributed by atoms with Crippen LogP contribution in [0.2, 0.25) is 0 Å². The first-order valence-electron chi connectivity index (χ1n) is 4.97. The van der Waals surface area contributed by atoms with Gasteiger partial charge in [0.15, 0.2) is 0 Å². The minimum atomic E-state index is 0.510. The van der Waals surface area contributed by atoms with Crippen LogP contribution in [0.5, 0.6) is 0 Å². The van der Waals surface area contributed by atoms with E-state index >= 15 is 0 Å². The van der Waals surface area contributed by atoms with Crippen molar-refractivity contribution >= 4 is 0 Å². The van der Waals surface area contributed by atoms with Gasteiger partial charge in [-0.3, -0.25) is 0 Å². The summed E-state index contributed by atoms with van der Waals surface area (Å²) in [5.41, 5.74) is 0. The normalized spacial score (nSPS) is 40.8. The first-order valence-corrected chi connectivity index (χ1v) is 4.97. The maximum Gasteiger partial charge on any atom is 0.0844 e. The number of ether oxygens (including phenoxy) is 1. The summed E-state index contributed by atoms with van der Waals surface area (Å²) in [5.74, 6) is 1.61. The molecule has 1 radical (unpaired) electrons. The Morgan fingerprint density at radius 2 is 1.67 bits per heavy atom. The average molecular weight is 165 g/mol. The first kappa shape index (κ1) is 8.31. The van der Waals surface area contributed by atoms with Crippen LogP contribution < -0.4 is 0 Å². The summed E-state index contributed by atoms with van der Waals surface area (Å²) in [6.45, 7) is 4.82. The van der Waals surface area contributed by atoms with E-state index in [1.807, 2.05) is 0 Å². The number of allylic oxidation sites excluding steroid dienone is 1. The van der Waals surface area contributed by atoms with Gasteiger partial charge in [-0.05, 0) is 43.9 Å². The van der Waals surface area contributed by atoms with Crippen LogP contribution in [0.15, 0.2) is 12.7 Å². The maximum atomic E-state index is 5.19. The molecule has 1 saturated heterocycles. The molecule has 0 N–H and O–H groups in total. The fourth-order valence-electron chi connectivity index (χ4n) is 2.04. The van der Waals surface area contributed by atoms with Crippen LogP contribution in [-0.4, -0.2) is 12.7 Å². The summed E-state index contributed by atoms with van der Waals surface area (Å²) < 4.78 is 5.19. The lowest BCUT2D eigenvalue weighted by molar-refractivity contribution is 0.319. The van der Waals surface area contributed by atoms with E-state index in [0.717, 1.165) is 18.4 Å². The minimum absolute atomic E-state index is 0.510. The smallest absolute Gasteiger partial charge is 0.0844 e. The van der Waals surface area contributed by atoms with Gasteiger partial charge in [-0.1, -0.05) is 6.08 Å². The molecule has 1 saturated carbocycles. The second-order valence-electron chi connectivity index (χ2n) is 3.97. The van der Waals surface area contributed by atoms with Crippen molar-refractivity contribution in [2.45, 2.75) is 31.8 Å². The van der Waals surface area contributed by atoms with Gasteiger partial charge in [0.25, 0.3) is 0 Å². The Labute approximate surface area is 74.8 Å². The molecule has 0 aromatic heterocycles. The minimum Gasteiger partial charge on any atom is -0.373 e. The molecule has 0 aromatic rings. The number of epoxide rings is 1. The fraction of sp³-hybridized carbons (Fsp3) is 0.727. The van der Waals surface area contributed by atoms with Crippen LogP contribution in [0.4, 0.5) is 0 Å². The summed E-state index contributed by atoms with van der Waals surface area (Å²) in [7, 11) is 0. The zero-order chi connectivity index (χ0) is 8.39. The molecule has 0 spiro atoms. The van der Waals surface area contributed by atoms with Crippen molar-refractivity contribution < 1.29 is 4.74 Å². The zero-order valence-electron chi connectivity index (χ0n) is 7.54. The molecule has 2 fully saturated rings. The maximum absolute atomic E-state index is 5.19. The monoisotopic (exact) mass is 165 g/mol. The molecular weight excluding hydrogens is 148 g/mol. The highest BCUT2D eigenvalue weighted by molar-refractivity contribution is 4.95. The lowest BCUT2D eigenvalue weighted by atomic mass is 9.80. The molecule has 1 nitrogen and oxygen atoms in total. The van der Waals surface area contributed by atoms with Crippen molar-refractivity contribution in [3.8, 4) is 0 Å². The summed E-state index contributed by atoms with van der Waals surface area (Å²) in [6.07, 6.45) is 10.4. The van der Waals surface area contributed by atoms with Gasteiger partial charge in [0.2, 0.25) is 0 Å². The Balaban J connectivity index is 1.70. The fourth-order valence-corrected chi connectivity index (χ4v) is 2.04. The van der Waals surface area contributed by atoms with E-state index < -0.39 is 0 Å². The third-order valence-corrected chi connectivity index (χ3v) is 3.00. The van der Waals surface area contributed by atoms with Gasteiger partial charge in [-0.25, -0.2) is 0 Å². The lowest BCUT2D eigenvalue weighted by Gasteiger charge is -2.25. The number of hydrogen-bond acceptors (Lipinski definition) is 1. The molecule has 0 aromatic carbocycles. The van der Waals surface area contributed by atoms with Gasteiger partial charge >= 0.3 is 0 Å². The quantitative estimate of drug-likeness (QED) is 0.462. The Hall–Kier alpha value is -0.300. The molecule has 1 heterocycles. The van der Waals surface area contributed by atoms with E-state index in [2.05, 4.69) is 19.1 Å². The Morgan fingerprint density at radius 1 is 1.08 bits per heavy atom. The largest absolute Gasteiger partial charge is 0.373 e. The van der Waals surface area contributed by atoms with Crippen molar-refractivity contribution in [2.75, 3.05) is 6.61 Å². The van der Waals surface area contributed by atoms with E-state index in [-0.39, 0.29) is 0 Å². The van der Waals surface area contributed by atoms with Crippen LogP contribution >= 0.6 is 0 Å². The second-order valence-corrected chi connectivity index (χ2v) is 3.97.